The van der Waals surface area contributed by atoms with E-state index in [1.807, 2.05) is 0 Å². The summed E-state index contributed by atoms with van der Waals surface area (Å²) in [5.41, 5.74) is 0.154. The fraction of sp³-hybridized carbons (Fsp3) is 0.500. The minimum atomic E-state index is -0.557. The van der Waals surface area contributed by atoms with Crippen molar-refractivity contribution < 1.29 is 24.0 Å². The molecule has 0 spiro atoms. The second-order valence-electron chi connectivity index (χ2n) is 7.33. The molecular formula is C18H22N2O5. The van der Waals surface area contributed by atoms with Gasteiger partial charge in [-0.25, -0.2) is 4.79 Å². The maximum Gasteiger partial charge on any atom is 0.407 e. The van der Waals surface area contributed by atoms with Crippen LogP contribution in [0.4, 0.5) is 4.79 Å². The number of hydroxylamine groups is 2. The highest BCUT2D eigenvalue weighted by Gasteiger charge is 2.39. The Morgan fingerprint density at radius 3 is 2.28 bits per heavy atom. The molecule has 2 aliphatic rings. The van der Waals surface area contributed by atoms with Crippen molar-refractivity contribution in [3.8, 4) is 0 Å². The number of amides is 3. The van der Waals surface area contributed by atoms with Crippen LogP contribution in [0.1, 0.15) is 60.7 Å². The molecule has 1 saturated carbocycles. The number of fused-ring (bicyclic) bond motifs is 1. The number of carbonyl (C=O) groups is 3. The Hall–Kier alpha value is -2.41. The molecule has 1 aromatic carbocycles. The Morgan fingerprint density at radius 1 is 1.12 bits per heavy atom. The molecule has 1 heterocycles. The van der Waals surface area contributed by atoms with Gasteiger partial charge in [0.25, 0.3) is 11.8 Å². The summed E-state index contributed by atoms with van der Waals surface area (Å²) < 4.78 is 5.24. The minimum Gasteiger partial charge on any atom is -0.444 e. The Balaban J connectivity index is 1.55. The third-order valence-corrected chi connectivity index (χ3v) is 4.12. The molecule has 3 amide bonds. The van der Waals surface area contributed by atoms with Crippen molar-refractivity contribution >= 4 is 17.9 Å². The second-order valence-corrected chi connectivity index (χ2v) is 7.33. The molecule has 1 aliphatic carbocycles. The van der Waals surface area contributed by atoms with E-state index in [1.54, 1.807) is 45.0 Å². The summed E-state index contributed by atoms with van der Waals surface area (Å²) in [7, 11) is 0. The lowest BCUT2D eigenvalue weighted by atomic mass is 10.1. The van der Waals surface area contributed by atoms with E-state index in [-0.39, 0.29) is 12.1 Å². The maximum atomic E-state index is 12.3. The van der Waals surface area contributed by atoms with Crippen molar-refractivity contribution in [1.29, 1.82) is 0 Å². The predicted octanol–water partition coefficient (Wildman–Crippen LogP) is 2.66. The topological polar surface area (TPSA) is 84.9 Å². The van der Waals surface area contributed by atoms with Gasteiger partial charge in [0, 0.05) is 6.04 Å². The van der Waals surface area contributed by atoms with E-state index in [1.165, 1.54) is 0 Å². The van der Waals surface area contributed by atoms with Crippen molar-refractivity contribution in [3.63, 3.8) is 0 Å². The largest absolute Gasteiger partial charge is 0.444 e. The molecule has 1 N–H and O–H groups in total. The zero-order valence-electron chi connectivity index (χ0n) is 14.6. The first kappa shape index (κ1) is 17.4. The summed E-state index contributed by atoms with van der Waals surface area (Å²) in [6.07, 6.45) is 1.09. The third kappa shape index (κ3) is 3.82. The molecule has 1 aliphatic heterocycles. The molecule has 7 heteroatoms. The van der Waals surface area contributed by atoms with E-state index < -0.39 is 23.5 Å². The monoisotopic (exact) mass is 346 g/mol. The van der Waals surface area contributed by atoms with Crippen LogP contribution in [0.5, 0.6) is 0 Å². The highest BCUT2D eigenvalue weighted by molar-refractivity contribution is 6.20. The molecule has 25 heavy (non-hydrogen) atoms. The summed E-state index contributed by atoms with van der Waals surface area (Å²) in [5.74, 6) is -0.881. The second kappa shape index (κ2) is 6.48. The highest BCUT2D eigenvalue weighted by atomic mass is 16.7. The molecule has 3 rings (SSSR count). The summed E-state index contributed by atoms with van der Waals surface area (Å²) in [5, 5.41) is 3.64. The molecule has 0 saturated heterocycles. The van der Waals surface area contributed by atoms with Crippen molar-refractivity contribution in [2.24, 2.45) is 0 Å². The average molecular weight is 346 g/mol. The molecule has 134 valence electrons. The first-order valence-corrected chi connectivity index (χ1v) is 8.39. The number of rotatable bonds is 3. The molecule has 0 radical (unpaired) electrons. The van der Waals surface area contributed by atoms with E-state index in [0.717, 1.165) is 5.06 Å². The fourth-order valence-corrected chi connectivity index (χ4v) is 3.05. The van der Waals surface area contributed by atoms with Gasteiger partial charge in [-0.15, -0.1) is 5.06 Å². The van der Waals surface area contributed by atoms with Gasteiger partial charge in [-0.3, -0.25) is 14.4 Å². The number of nitrogens with one attached hydrogen (secondary N) is 1. The standard InChI is InChI=1S/C18H22N2O5/c1-18(2,3)24-17(23)19-11-8-9-12(10-11)25-20-15(21)13-6-4-5-7-14(13)16(20)22/h4-7,11-12H,8-10H2,1-3H3,(H,19,23)/t11-,12+/m0/s1. The SMILES string of the molecule is CC(C)(C)OC(=O)N[C@H]1CC[C@@H](ON2C(=O)c3ccccc3C2=O)C1. The van der Waals surface area contributed by atoms with Crippen LogP contribution in [0, 0.1) is 0 Å². The predicted molar refractivity (Wildman–Crippen MR) is 88.8 cm³/mol. The van der Waals surface area contributed by atoms with Gasteiger partial charge < -0.3 is 10.1 Å². The van der Waals surface area contributed by atoms with Crippen LogP contribution < -0.4 is 5.32 Å². The smallest absolute Gasteiger partial charge is 0.407 e. The van der Waals surface area contributed by atoms with E-state index in [0.29, 0.717) is 30.4 Å². The van der Waals surface area contributed by atoms with Gasteiger partial charge in [0.15, 0.2) is 0 Å². The Bertz CT molecular complexity index is 675. The van der Waals surface area contributed by atoms with Crippen LogP contribution in [-0.4, -0.2) is 40.7 Å². The summed E-state index contributed by atoms with van der Waals surface area (Å²) in [6, 6.07) is 6.55. The van der Waals surface area contributed by atoms with Gasteiger partial charge in [-0.2, -0.15) is 0 Å². The highest BCUT2D eigenvalue weighted by Crippen LogP contribution is 2.28. The lowest BCUT2D eigenvalue weighted by molar-refractivity contribution is -0.129. The van der Waals surface area contributed by atoms with Gasteiger partial charge in [0.1, 0.15) is 5.60 Å². The van der Waals surface area contributed by atoms with Crippen molar-refractivity contribution in [1.82, 2.24) is 10.4 Å². The summed E-state index contributed by atoms with van der Waals surface area (Å²) >= 11 is 0. The summed E-state index contributed by atoms with van der Waals surface area (Å²) in [4.78, 5) is 42.1. The van der Waals surface area contributed by atoms with Crippen LogP contribution in [0.2, 0.25) is 0 Å². The van der Waals surface area contributed by atoms with Crippen LogP contribution in [0.15, 0.2) is 24.3 Å². The average Bonchev–Trinajstić information content (AvgIpc) is 3.05. The van der Waals surface area contributed by atoms with Gasteiger partial charge in [-0.05, 0) is 52.2 Å². The normalized spacial score (nSPS) is 22.9. The molecule has 0 aromatic heterocycles. The summed E-state index contributed by atoms with van der Waals surface area (Å²) in [6.45, 7) is 5.40. The fourth-order valence-electron chi connectivity index (χ4n) is 3.05. The number of imide groups is 1. The first-order chi connectivity index (χ1) is 11.7. The zero-order valence-corrected chi connectivity index (χ0v) is 14.6. The lowest BCUT2D eigenvalue weighted by Gasteiger charge is -2.22. The van der Waals surface area contributed by atoms with E-state index >= 15 is 0 Å². The van der Waals surface area contributed by atoms with E-state index in [2.05, 4.69) is 5.32 Å². The van der Waals surface area contributed by atoms with Gasteiger partial charge in [0.2, 0.25) is 0 Å². The molecule has 7 nitrogen and oxygen atoms in total. The molecule has 1 aromatic rings. The van der Waals surface area contributed by atoms with Gasteiger partial charge in [0.05, 0.1) is 17.2 Å². The van der Waals surface area contributed by atoms with Crippen LogP contribution in [0.25, 0.3) is 0 Å². The number of hydrogen-bond donors (Lipinski definition) is 1. The Morgan fingerprint density at radius 2 is 1.72 bits per heavy atom. The third-order valence-electron chi connectivity index (χ3n) is 4.12. The van der Waals surface area contributed by atoms with E-state index in [9.17, 15) is 14.4 Å². The number of nitrogens with zero attached hydrogens (tertiary/aromatic N) is 1. The van der Waals surface area contributed by atoms with Crippen LogP contribution in [-0.2, 0) is 9.57 Å². The molecular weight excluding hydrogens is 324 g/mol. The number of carbonyl (C=O) groups excluding carboxylic acids is 3. The van der Waals surface area contributed by atoms with Crippen molar-refractivity contribution in [3.05, 3.63) is 35.4 Å². The number of hydrogen-bond acceptors (Lipinski definition) is 5. The van der Waals surface area contributed by atoms with Crippen LogP contribution in [0.3, 0.4) is 0 Å². The first-order valence-electron chi connectivity index (χ1n) is 8.39. The van der Waals surface area contributed by atoms with Crippen molar-refractivity contribution in [2.45, 2.75) is 57.8 Å². The lowest BCUT2D eigenvalue weighted by Crippen LogP contribution is -2.39. The van der Waals surface area contributed by atoms with E-state index in [4.69, 9.17) is 9.57 Å². The molecule has 0 unspecified atom stereocenters. The molecule has 1 fully saturated rings. The van der Waals surface area contributed by atoms with Crippen molar-refractivity contribution in [2.75, 3.05) is 0 Å². The number of benzene rings is 1. The minimum absolute atomic E-state index is 0.102. The Labute approximate surface area is 146 Å². The maximum absolute atomic E-state index is 12.3. The van der Waals surface area contributed by atoms with Crippen LogP contribution >= 0.6 is 0 Å². The van der Waals surface area contributed by atoms with Gasteiger partial charge >= 0.3 is 6.09 Å². The number of ether oxygens (including phenoxy) is 1. The number of alkyl carbamates (subject to hydrolysis) is 1. The molecule has 2 atom stereocenters. The molecule has 0 bridgehead atoms. The Kier molecular flexibility index (Phi) is 4.51. The van der Waals surface area contributed by atoms with Gasteiger partial charge in [-0.1, -0.05) is 12.1 Å². The quantitative estimate of drug-likeness (QED) is 0.851. The zero-order chi connectivity index (χ0) is 18.2.